The molecule has 3 nitrogen and oxygen atoms in total. The van der Waals surface area contributed by atoms with Crippen molar-refractivity contribution in [2.75, 3.05) is 0 Å². The maximum Gasteiger partial charge on any atom is 0.193 e. The van der Waals surface area contributed by atoms with Gasteiger partial charge in [-0.2, -0.15) is 0 Å². The van der Waals surface area contributed by atoms with E-state index in [-0.39, 0.29) is 5.78 Å². The van der Waals surface area contributed by atoms with Gasteiger partial charge in [0.05, 0.1) is 12.1 Å². The van der Waals surface area contributed by atoms with Gasteiger partial charge in [0.2, 0.25) is 0 Å². The fourth-order valence-electron chi connectivity index (χ4n) is 1.59. The monoisotopic (exact) mass is 222 g/mol. The molecule has 0 aromatic carbocycles. The summed E-state index contributed by atoms with van der Waals surface area (Å²) in [7, 11) is 0. The first-order chi connectivity index (χ1) is 7.15. The molecule has 4 heteroatoms. The van der Waals surface area contributed by atoms with E-state index in [9.17, 15) is 4.79 Å². The molecule has 0 N–H and O–H groups in total. The Kier molecular flexibility index (Phi) is 2.86. The molecule has 0 aliphatic heterocycles. The fraction of sp³-hybridized carbons (Fsp3) is 0.455. The van der Waals surface area contributed by atoms with Crippen LogP contribution in [0.15, 0.2) is 17.8 Å². The Bertz CT molecular complexity index is 441. The van der Waals surface area contributed by atoms with Crippen molar-refractivity contribution in [3.63, 3.8) is 0 Å². The molecular formula is C11H14N2OS. The van der Waals surface area contributed by atoms with Gasteiger partial charge in [0, 0.05) is 24.2 Å². The van der Waals surface area contributed by atoms with Crippen molar-refractivity contribution in [2.24, 2.45) is 5.92 Å². The molecule has 0 aliphatic carbocycles. The van der Waals surface area contributed by atoms with Gasteiger partial charge in [-0.3, -0.25) is 9.20 Å². The Morgan fingerprint density at radius 2 is 2.40 bits per heavy atom. The van der Waals surface area contributed by atoms with Crippen molar-refractivity contribution >= 4 is 22.1 Å². The second-order valence-corrected chi connectivity index (χ2v) is 5.01. The number of carbonyl (C=O) groups is 1. The van der Waals surface area contributed by atoms with E-state index in [1.54, 1.807) is 11.3 Å². The zero-order chi connectivity index (χ0) is 10.8. The van der Waals surface area contributed by atoms with Crippen LogP contribution >= 0.6 is 11.3 Å². The standard InChI is InChI=1S/C11H14N2OS/c1-8(2)5-10(14)6-9-7-13-3-4-15-11(13)12-9/h3-4,7-8H,5-6H2,1-2H3. The molecule has 0 spiro atoms. The van der Waals surface area contributed by atoms with Crippen LogP contribution in [0, 0.1) is 5.92 Å². The third kappa shape index (κ3) is 2.45. The fourth-order valence-corrected chi connectivity index (χ4v) is 2.31. The van der Waals surface area contributed by atoms with E-state index in [2.05, 4.69) is 18.8 Å². The van der Waals surface area contributed by atoms with Gasteiger partial charge in [-0.25, -0.2) is 4.98 Å². The van der Waals surface area contributed by atoms with E-state index in [0.29, 0.717) is 18.8 Å². The lowest BCUT2D eigenvalue weighted by molar-refractivity contribution is -0.119. The summed E-state index contributed by atoms with van der Waals surface area (Å²) in [5.74, 6) is 0.706. The first kappa shape index (κ1) is 10.4. The molecule has 2 aromatic heterocycles. The van der Waals surface area contributed by atoms with Gasteiger partial charge in [0.1, 0.15) is 5.78 Å². The predicted octanol–water partition coefficient (Wildman–Crippen LogP) is 2.55. The average molecular weight is 222 g/mol. The molecule has 0 bridgehead atoms. The third-order valence-electron chi connectivity index (χ3n) is 2.16. The number of imidazole rings is 1. The minimum atomic E-state index is 0.274. The van der Waals surface area contributed by atoms with Crippen LogP contribution in [0.3, 0.4) is 0 Å². The van der Waals surface area contributed by atoms with E-state index in [4.69, 9.17) is 0 Å². The maximum absolute atomic E-state index is 11.6. The molecule has 0 radical (unpaired) electrons. The highest BCUT2D eigenvalue weighted by atomic mass is 32.1. The van der Waals surface area contributed by atoms with Crippen molar-refractivity contribution in [3.8, 4) is 0 Å². The van der Waals surface area contributed by atoms with Gasteiger partial charge in [0.25, 0.3) is 0 Å². The Balaban J connectivity index is 2.06. The minimum Gasteiger partial charge on any atom is -0.299 e. The van der Waals surface area contributed by atoms with Crippen LogP contribution in [0.5, 0.6) is 0 Å². The molecular weight excluding hydrogens is 208 g/mol. The highest BCUT2D eigenvalue weighted by molar-refractivity contribution is 7.15. The molecule has 0 saturated carbocycles. The number of carbonyl (C=O) groups excluding carboxylic acids is 1. The highest BCUT2D eigenvalue weighted by Crippen LogP contribution is 2.13. The molecule has 15 heavy (non-hydrogen) atoms. The smallest absolute Gasteiger partial charge is 0.193 e. The third-order valence-corrected chi connectivity index (χ3v) is 2.93. The zero-order valence-corrected chi connectivity index (χ0v) is 9.75. The quantitative estimate of drug-likeness (QED) is 0.796. The Hall–Kier alpha value is -1.16. The van der Waals surface area contributed by atoms with Crippen LogP contribution in [-0.2, 0) is 11.2 Å². The first-order valence-corrected chi connectivity index (χ1v) is 5.96. The topological polar surface area (TPSA) is 34.4 Å². The lowest BCUT2D eigenvalue weighted by Crippen LogP contribution is -2.06. The van der Waals surface area contributed by atoms with Gasteiger partial charge in [-0.15, -0.1) is 11.3 Å². The van der Waals surface area contributed by atoms with Crippen molar-refractivity contribution in [2.45, 2.75) is 26.7 Å². The van der Waals surface area contributed by atoms with E-state index in [1.165, 1.54) is 0 Å². The van der Waals surface area contributed by atoms with Crippen LogP contribution in [-0.4, -0.2) is 15.2 Å². The Labute approximate surface area is 92.8 Å². The Morgan fingerprint density at radius 3 is 3.07 bits per heavy atom. The summed E-state index contributed by atoms with van der Waals surface area (Å²) in [6.45, 7) is 4.12. The molecule has 2 heterocycles. The molecule has 0 aliphatic rings. The summed E-state index contributed by atoms with van der Waals surface area (Å²) in [5, 5.41) is 1.99. The van der Waals surface area contributed by atoms with Crippen molar-refractivity contribution < 1.29 is 4.79 Å². The maximum atomic E-state index is 11.6. The van der Waals surface area contributed by atoms with Crippen LogP contribution in [0.25, 0.3) is 4.96 Å². The van der Waals surface area contributed by atoms with E-state index in [0.717, 1.165) is 10.7 Å². The van der Waals surface area contributed by atoms with Gasteiger partial charge in [-0.05, 0) is 5.92 Å². The largest absolute Gasteiger partial charge is 0.299 e. The van der Waals surface area contributed by atoms with Crippen LogP contribution < -0.4 is 0 Å². The summed E-state index contributed by atoms with van der Waals surface area (Å²) < 4.78 is 1.96. The van der Waals surface area contributed by atoms with Crippen molar-refractivity contribution in [1.29, 1.82) is 0 Å². The van der Waals surface area contributed by atoms with Crippen LogP contribution in [0.2, 0.25) is 0 Å². The van der Waals surface area contributed by atoms with Crippen LogP contribution in [0.1, 0.15) is 26.0 Å². The molecule has 0 fully saturated rings. The number of hydrogen-bond acceptors (Lipinski definition) is 3. The van der Waals surface area contributed by atoms with Gasteiger partial charge >= 0.3 is 0 Å². The number of Topliss-reactive ketones (excluding diaryl/α,β-unsaturated/α-hetero) is 1. The SMILES string of the molecule is CC(C)CC(=O)Cc1cn2ccsc2n1. The predicted molar refractivity (Wildman–Crippen MR) is 61.2 cm³/mol. The van der Waals surface area contributed by atoms with E-state index < -0.39 is 0 Å². The molecule has 2 aromatic rings. The van der Waals surface area contributed by atoms with Crippen LogP contribution in [0.4, 0.5) is 0 Å². The number of nitrogens with zero attached hydrogens (tertiary/aromatic N) is 2. The number of fused-ring (bicyclic) bond motifs is 1. The molecule has 0 atom stereocenters. The Morgan fingerprint density at radius 1 is 1.60 bits per heavy atom. The van der Waals surface area contributed by atoms with E-state index in [1.807, 2.05) is 22.2 Å². The molecule has 0 unspecified atom stereocenters. The number of hydrogen-bond donors (Lipinski definition) is 0. The highest BCUT2D eigenvalue weighted by Gasteiger charge is 2.09. The number of aromatic nitrogens is 2. The van der Waals surface area contributed by atoms with Gasteiger partial charge in [-0.1, -0.05) is 13.8 Å². The normalized spacial score (nSPS) is 11.4. The summed E-state index contributed by atoms with van der Waals surface area (Å²) in [5.41, 5.74) is 0.882. The van der Waals surface area contributed by atoms with Crippen molar-refractivity contribution in [1.82, 2.24) is 9.38 Å². The second kappa shape index (κ2) is 4.14. The molecule has 80 valence electrons. The first-order valence-electron chi connectivity index (χ1n) is 5.08. The zero-order valence-electron chi connectivity index (χ0n) is 8.93. The summed E-state index contributed by atoms with van der Waals surface area (Å²) in [6.07, 6.45) is 5.01. The lowest BCUT2D eigenvalue weighted by atomic mass is 10.0. The number of rotatable bonds is 4. The lowest BCUT2D eigenvalue weighted by Gasteiger charge is -2.01. The minimum absolute atomic E-state index is 0.274. The number of ketones is 1. The van der Waals surface area contributed by atoms with Gasteiger partial charge < -0.3 is 0 Å². The van der Waals surface area contributed by atoms with Gasteiger partial charge in [0.15, 0.2) is 4.96 Å². The molecule has 0 amide bonds. The molecule has 0 saturated heterocycles. The van der Waals surface area contributed by atoms with Crippen molar-refractivity contribution in [3.05, 3.63) is 23.5 Å². The summed E-state index contributed by atoms with van der Waals surface area (Å²) >= 11 is 1.59. The molecule has 2 rings (SSSR count). The second-order valence-electron chi connectivity index (χ2n) is 4.14. The van der Waals surface area contributed by atoms with E-state index >= 15 is 0 Å². The summed E-state index contributed by atoms with van der Waals surface area (Å²) in [6, 6.07) is 0. The average Bonchev–Trinajstić information content (AvgIpc) is 2.60. The summed E-state index contributed by atoms with van der Waals surface area (Å²) in [4.78, 5) is 16.9. The number of thiazole rings is 1.